The molecule has 8 heteroatoms. The first-order chi connectivity index (χ1) is 15.8. The van der Waals surface area contributed by atoms with E-state index < -0.39 is 0 Å². The summed E-state index contributed by atoms with van der Waals surface area (Å²) >= 11 is 0. The molecule has 1 saturated heterocycles. The van der Waals surface area contributed by atoms with Crippen molar-refractivity contribution in [2.75, 3.05) is 41.9 Å². The zero-order chi connectivity index (χ0) is 21.6. The van der Waals surface area contributed by atoms with Crippen LogP contribution in [0.25, 0.3) is 10.8 Å². The Hall–Kier alpha value is -4.04. The molecule has 0 amide bonds. The van der Waals surface area contributed by atoms with Crippen LogP contribution in [0.2, 0.25) is 0 Å². The quantitative estimate of drug-likeness (QED) is 0.356. The molecule has 2 N–H and O–H groups in total. The number of nitrogens with one attached hydrogen (secondary N) is 2. The maximum atomic E-state index is 5.45. The Morgan fingerprint density at radius 3 is 2.41 bits per heavy atom. The lowest BCUT2D eigenvalue weighted by molar-refractivity contribution is 0.122. The van der Waals surface area contributed by atoms with Gasteiger partial charge in [-0.25, -0.2) is 5.43 Å². The van der Waals surface area contributed by atoms with Crippen LogP contribution < -0.4 is 15.6 Å². The molecule has 5 rings (SSSR count). The van der Waals surface area contributed by atoms with Gasteiger partial charge in [0, 0.05) is 18.8 Å². The summed E-state index contributed by atoms with van der Waals surface area (Å²) in [5.41, 5.74) is 4.84. The number of morpholine rings is 1. The first-order valence-corrected chi connectivity index (χ1v) is 10.5. The van der Waals surface area contributed by atoms with Crippen molar-refractivity contribution in [1.29, 1.82) is 0 Å². The van der Waals surface area contributed by atoms with Gasteiger partial charge in [-0.15, -0.1) is 0 Å². The van der Waals surface area contributed by atoms with E-state index in [1.807, 2.05) is 48.5 Å². The zero-order valence-electron chi connectivity index (χ0n) is 17.5. The molecular formula is C24H23N7O. The average Bonchev–Trinajstić information content (AvgIpc) is 2.85. The minimum Gasteiger partial charge on any atom is -0.378 e. The van der Waals surface area contributed by atoms with Crippen LogP contribution in [-0.2, 0) is 4.74 Å². The van der Waals surface area contributed by atoms with Crippen LogP contribution in [-0.4, -0.2) is 47.5 Å². The summed E-state index contributed by atoms with van der Waals surface area (Å²) < 4.78 is 5.45. The highest BCUT2D eigenvalue weighted by molar-refractivity contribution is 5.90. The monoisotopic (exact) mass is 425 g/mol. The summed E-state index contributed by atoms with van der Waals surface area (Å²) in [6, 6.07) is 24.2. The largest absolute Gasteiger partial charge is 0.378 e. The number of hydrazone groups is 1. The second-order valence-electron chi connectivity index (χ2n) is 7.35. The molecule has 0 aliphatic carbocycles. The third-order valence-corrected chi connectivity index (χ3v) is 5.10. The van der Waals surface area contributed by atoms with Crippen LogP contribution in [0.5, 0.6) is 0 Å². The predicted octanol–water partition coefficient (Wildman–Crippen LogP) is 4.05. The predicted molar refractivity (Wildman–Crippen MR) is 128 cm³/mol. The molecule has 0 atom stereocenters. The molecule has 4 aromatic rings. The van der Waals surface area contributed by atoms with Crippen molar-refractivity contribution in [3.63, 3.8) is 0 Å². The molecule has 1 aliphatic heterocycles. The van der Waals surface area contributed by atoms with Crippen molar-refractivity contribution in [1.82, 2.24) is 15.0 Å². The van der Waals surface area contributed by atoms with Crippen LogP contribution in [0.4, 0.5) is 23.5 Å². The maximum Gasteiger partial charge on any atom is 0.250 e. The summed E-state index contributed by atoms with van der Waals surface area (Å²) in [5, 5.41) is 9.96. The van der Waals surface area contributed by atoms with Gasteiger partial charge in [0.2, 0.25) is 17.8 Å². The zero-order valence-corrected chi connectivity index (χ0v) is 17.5. The molecule has 0 unspecified atom stereocenters. The van der Waals surface area contributed by atoms with E-state index in [9.17, 15) is 0 Å². The third-order valence-electron chi connectivity index (χ3n) is 5.10. The van der Waals surface area contributed by atoms with Crippen molar-refractivity contribution in [2.24, 2.45) is 5.10 Å². The molecule has 160 valence electrons. The van der Waals surface area contributed by atoms with E-state index in [0.717, 1.165) is 24.3 Å². The number of nitrogens with zero attached hydrogens (tertiary/aromatic N) is 5. The number of aromatic nitrogens is 3. The Morgan fingerprint density at radius 2 is 1.56 bits per heavy atom. The van der Waals surface area contributed by atoms with Gasteiger partial charge in [-0.1, -0.05) is 54.6 Å². The van der Waals surface area contributed by atoms with Crippen LogP contribution in [0.3, 0.4) is 0 Å². The fourth-order valence-corrected chi connectivity index (χ4v) is 3.48. The van der Waals surface area contributed by atoms with E-state index in [-0.39, 0.29) is 0 Å². The molecule has 0 bridgehead atoms. The number of para-hydroxylation sites is 1. The van der Waals surface area contributed by atoms with Gasteiger partial charge in [0.05, 0.1) is 19.4 Å². The van der Waals surface area contributed by atoms with E-state index in [2.05, 4.69) is 60.0 Å². The van der Waals surface area contributed by atoms with E-state index in [4.69, 9.17) is 4.74 Å². The Bertz CT molecular complexity index is 1220. The van der Waals surface area contributed by atoms with Crippen molar-refractivity contribution in [2.45, 2.75) is 0 Å². The molecule has 0 spiro atoms. The minimum absolute atomic E-state index is 0.372. The van der Waals surface area contributed by atoms with Crippen molar-refractivity contribution < 1.29 is 4.74 Å². The van der Waals surface area contributed by atoms with E-state index in [0.29, 0.717) is 31.1 Å². The number of benzene rings is 3. The molecule has 8 nitrogen and oxygen atoms in total. The normalized spacial score (nSPS) is 14.1. The second kappa shape index (κ2) is 9.40. The smallest absolute Gasteiger partial charge is 0.250 e. The van der Waals surface area contributed by atoms with Crippen molar-refractivity contribution in [3.8, 4) is 0 Å². The number of anilines is 4. The number of rotatable bonds is 6. The standard InChI is InChI=1S/C24H23N7O/c1-2-8-21(9-3-1)26-22-27-23(29-24(28-22)31-12-14-32-15-13-31)30-25-17-18-10-11-19-6-4-5-7-20(19)16-18/h1-11,16-17H,12-15H2,(H2,26,27,28,29,30)/b25-17+. The van der Waals surface area contributed by atoms with Gasteiger partial charge in [-0.2, -0.15) is 20.1 Å². The summed E-state index contributed by atoms with van der Waals surface area (Å²) in [7, 11) is 0. The Morgan fingerprint density at radius 1 is 0.812 bits per heavy atom. The Balaban J connectivity index is 1.38. The molecule has 32 heavy (non-hydrogen) atoms. The number of fused-ring (bicyclic) bond motifs is 1. The highest BCUT2D eigenvalue weighted by atomic mass is 16.5. The van der Waals surface area contributed by atoms with Gasteiger partial charge in [-0.3, -0.25) is 0 Å². The van der Waals surface area contributed by atoms with Gasteiger partial charge in [0.1, 0.15) is 0 Å². The Labute approximate surface area is 186 Å². The van der Waals surface area contributed by atoms with Crippen LogP contribution in [0, 0.1) is 0 Å². The first kappa shape index (κ1) is 19.9. The lowest BCUT2D eigenvalue weighted by Crippen LogP contribution is -2.37. The molecule has 0 saturated carbocycles. The third kappa shape index (κ3) is 4.81. The topological polar surface area (TPSA) is 87.6 Å². The highest BCUT2D eigenvalue weighted by Gasteiger charge is 2.16. The number of ether oxygens (including phenoxy) is 1. The van der Waals surface area contributed by atoms with E-state index in [1.54, 1.807) is 6.21 Å². The van der Waals surface area contributed by atoms with Gasteiger partial charge < -0.3 is 15.0 Å². The van der Waals surface area contributed by atoms with Crippen molar-refractivity contribution >= 4 is 40.5 Å². The highest BCUT2D eigenvalue weighted by Crippen LogP contribution is 2.19. The summed E-state index contributed by atoms with van der Waals surface area (Å²) in [6.45, 7) is 2.76. The Kier molecular flexibility index (Phi) is 5.85. The molecule has 1 fully saturated rings. The van der Waals surface area contributed by atoms with Crippen LogP contribution >= 0.6 is 0 Å². The minimum atomic E-state index is 0.372. The molecule has 1 aromatic heterocycles. The fourth-order valence-electron chi connectivity index (χ4n) is 3.48. The van der Waals surface area contributed by atoms with Crippen LogP contribution in [0.15, 0.2) is 77.9 Å². The maximum absolute atomic E-state index is 5.45. The second-order valence-corrected chi connectivity index (χ2v) is 7.35. The lowest BCUT2D eigenvalue weighted by Gasteiger charge is -2.27. The lowest BCUT2D eigenvalue weighted by atomic mass is 10.1. The summed E-state index contributed by atoms with van der Waals surface area (Å²) in [6.07, 6.45) is 1.76. The number of hydrogen-bond donors (Lipinski definition) is 2. The molecule has 0 radical (unpaired) electrons. The van der Waals surface area contributed by atoms with Gasteiger partial charge in [-0.05, 0) is 34.5 Å². The van der Waals surface area contributed by atoms with Gasteiger partial charge in [0.25, 0.3) is 0 Å². The SMILES string of the molecule is C(=N\Nc1nc(Nc2ccccc2)nc(N2CCOCC2)n1)/c1ccc2ccccc2c1. The van der Waals surface area contributed by atoms with Crippen LogP contribution in [0.1, 0.15) is 5.56 Å². The van der Waals surface area contributed by atoms with Crippen molar-refractivity contribution in [3.05, 3.63) is 78.4 Å². The number of hydrogen-bond acceptors (Lipinski definition) is 8. The summed E-state index contributed by atoms with van der Waals surface area (Å²) in [4.78, 5) is 15.7. The van der Waals surface area contributed by atoms with E-state index >= 15 is 0 Å². The molecule has 1 aliphatic rings. The fraction of sp³-hybridized carbons (Fsp3) is 0.167. The van der Waals surface area contributed by atoms with E-state index in [1.165, 1.54) is 10.8 Å². The molecular weight excluding hydrogens is 402 g/mol. The van der Waals surface area contributed by atoms with Gasteiger partial charge >= 0.3 is 0 Å². The summed E-state index contributed by atoms with van der Waals surface area (Å²) in [5.74, 6) is 1.41. The average molecular weight is 425 g/mol. The first-order valence-electron chi connectivity index (χ1n) is 10.5. The van der Waals surface area contributed by atoms with Gasteiger partial charge in [0.15, 0.2) is 0 Å². The molecule has 3 aromatic carbocycles. The molecule has 2 heterocycles.